The second-order valence-corrected chi connectivity index (χ2v) is 5.88. The Morgan fingerprint density at radius 3 is 2.48 bits per heavy atom. The molecule has 0 saturated carbocycles. The van der Waals surface area contributed by atoms with Crippen molar-refractivity contribution in [3.05, 3.63) is 71.8 Å². The summed E-state index contributed by atoms with van der Waals surface area (Å²) >= 11 is 0. The highest BCUT2D eigenvalue weighted by atomic mass is 16.5. The minimum absolute atomic E-state index is 0.0365. The van der Waals surface area contributed by atoms with Gasteiger partial charge < -0.3 is 15.0 Å². The summed E-state index contributed by atoms with van der Waals surface area (Å²) in [5.74, 6) is 0. The number of nitrogens with zero attached hydrogens (tertiary/aromatic N) is 1. The van der Waals surface area contributed by atoms with E-state index in [0.717, 1.165) is 11.1 Å². The largest absolute Gasteiger partial charge is 0.370 e. The van der Waals surface area contributed by atoms with E-state index in [4.69, 9.17) is 4.74 Å². The van der Waals surface area contributed by atoms with Crippen LogP contribution in [0.5, 0.6) is 0 Å². The molecule has 1 aliphatic rings. The SMILES string of the molecule is CC1COC(c2ccccc2)CN1C(=O)NCc1ccccc1. The van der Waals surface area contributed by atoms with E-state index in [1.807, 2.05) is 72.5 Å². The van der Waals surface area contributed by atoms with Gasteiger partial charge in [0.25, 0.3) is 0 Å². The van der Waals surface area contributed by atoms with Gasteiger partial charge >= 0.3 is 6.03 Å². The van der Waals surface area contributed by atoms with Crippen molar-refractivity contribution in [2.45, 2.75) is 25.6 Å². The van der Waals surface area contributed by atoms with Crippen molar-refractivity contribution < 1.29 is 9.53 Å². The fraction of sp³-hybridized carbons (Fsp3) is 0.316. The number of carbonyl (C=O) groups is 1. The van der Waals surface area contributed by atoms with E-state index in [1.165, 1.54) is 0 Å². The third-order valence-electron chi connectivity index (χ3n) is 4.15. The zero-order valence-electron chi connectivity index (χ0n) is 13.3. The lowest BCUT2D eigenvalue weighted by molar-refractivity contribution is -0.0428. The molecule has 0 spiro atoms. The molecule has 2 aromatic carbocycles. The molecule has 1 aliphatic heterocycles. The van der Waals surface area contributed by atoms with Gasteiger partial charge in [0, 0.05) is 6.54 Å². The van der Waals surface area contributed by atoms with Gasteiger partial charge in [-0.15, -0.1) is 0 Å². The molecule has 2 atom stereocenters. The molecule has 2 unspecified atom stereocenters. The second-order valence-electron chi connectivity index (χ2n) is 5.88. The maximum atomic E-state index is 12.5. The Bertz CT molecular complexity index is 630. The van der Waals surface area contributed by atoms with Crippen LogP contribution in [0, 0.1) is 0 Å². The van der Waals surface area contributed by atoms with Gasteiger partial charge in [-0.25, -0.2) is 4.79 Å². The van der Waals surface area contributed by atoms with Crippen molar-refractivity contribution in [2.24, 2.45) is 0 Å². The maximum Gasteiger partial charge on any atom is 0.318 e. The van der Waals surface area contributed by atoms with Crippen LogP contribution in [0.2, 0.25) is 0 Å². The average molecular weight is 310 g/mol. The Morgan fingerprint density at radius 2 is 1.78 bits per heavy atom. The minimum Gasteiger partial charge on any atom is -0.370 e. The molecule has 3 rings (SSSR count). The van der Waals surface area contributed by atoms with Crippen LogP contribution >= 0.6 is 0 Å². The van der Waals surface area contributed by atoms with Crippen LogP contribution in [-0.4, -0.2) is 30.1 Å². The fourth-order valence-electron chi connectivity index (χ4n) is 2.78. The van der Waals surface area contributed by atoms with Crippen LogP contribution in [0.3, 0.4) is 0 Å². The van der Waals surface area contributed by atoms with Crippen LogP contribution in [-0.2, 0) is 11.3 Å². The van der Waals surface area contributed by atoms with E-state index in [1.54, 1.807) is 0 Å². The van der Waals surface area contributed by atoms with Crippen LogP contribution in [0.4, 0.5) is 4.79 Å². The van der Waals surface area contributed by atoms with Crippen molar-refractivity contribution in [1.82, 2.24) is 10.2 Å². The molecule has 23 heavy (non-hydrogen) atoms. The van der Waals surface area contributed by atoms with E-state index in [0.29, 0.717) is 19.7 Å². The monoisotopic (exact) mass is 310 g/mol. The van der Waals surface area contributed by atoms with Crippen LogP contribution in [0.25, 0.3) is 0 Å². The molecule has 1 fully saturated rings. The summed E-state index contributed by atoms with van der Waals surface area (Å²) in [6.45, 7) is 3.69. The molecule has 0 aliphatic carbocycles. The highest BCUT2D eigenvalue weighted by Gasteiger charge is 2.30. The Balaban J connectivity index is 1.62. The highest BCUT2D eigenvalue weighted by molar-refractivity contribution is 5.74. The van der Waals surface area contributed by atoms with Crippen molar-refractivity contribution in [3.63, 3.8) is 0 Å². The predicted molar refractivity (Wildman–Crippen MR) is 90.0 cm³/mol. The predicted octanol–water partition coefficient (Wildman–Crippen LogP) is 3.36. The molecule has 1 saturated heterocycles. The number of hydrogen-bond acceptors (Lipinski definition) is 2. The van der Waals surface area contributed by atoms with Gasteiger partial charge in [-0.05, 0) is 18.1 Å². The lowest BCUT2D eigenvalue weighted by Gasteiger charge is -2.38. The number of hydrogen-bond donors (Lipinski definition) is 1. The van der Waals surface area contributed by atoms with Gasteiger partial charge in [0.05, 0.1) is 19.2 Å². The molecule has 1 heterocycles. The van der Waals surface area contributed by atoms with Gasteiger partial charge in [0.2, 0.25) is 0 Å². The summed E-state index contributed by atoms with van der Waals surface area (Å²) < 4.78 is 5.90. The van der Waals surface area contributed by atoms with Gasteiger partial charge in [-0.2, -0.15) is 0 Å². The maximum absolute atomic E-state index is 12.5. The topological polar surface area (TPSA) is 41.6 Å². The molecular weight excluding hydrogens is 288 g/mol. The first kappa shape index (κ1) is 15.6. The van der Waals surface area contributed by atoms with Gasteiger partial charge in [0.15, 0.2) is 0 Å². The zero-order valence-corrected chi connectivity index (χ0v) is 13.3. The number of amides is 2. The summed E-state index contributed by atoms with van der Waals surface area (Å²) in [4.78, 5) is 14.4. The van der Waals surface area contributed by atoms with Gasteiger partial charge in [-0.3, -0.25) is 0 Å². The summed E-state index contributed by atoms with van der Waals surface area (Å²) in [5.41, 5.74) is 2.21. The molecule has 2 amide bonds. The highest BCUT2D eigenvalue weighted by Crippen LogP contribution is 2.24. The van der Waals surface area contributed by atoms with Crippen molar-refractivity contribution in [1.29, 1.82) is 0 Å². The molecular formula is C19H22N2O2. The van der Waals surface area contributed by atoms with E-state index in [2.05, 4.69) is 5.32 Å². The number of ether oxygens (including phenoxy) is 1. The normalized spacial score (nSPS) is 21.0. The average Bonchev–Trinajstić information content (AvgIpc) is 2.62. The molecule has 0 radical (unpaired) electrons. The number of urea groups is 1. The first-order valence-electron chi connectivity index (χ1n) is 7.99. The minimum atomic E-state index is -0.0603. The summed E-state index contributed by atoms with van der Waals surface area (Å²) in [5, 5.41) is 3.00. The molecule has 4 heteroatoms. The Kier molecular flexibility index (Phi) is 4.93. The number of carbonyl (C=O) groups excluding carboxylic acids is 1. The smallest absolute Gasteiger partial charge is 0.318 e. The summed E-state index contributed by atoms with van der Waals surface area (Å²) in [6.07, 6.45) is -0.0603. The molecule has 0 aromatic heterocycles. The van der Waals surface area contributed by atoms with Crippen LogP contribution in [0.1, 0.15) is 24.2 Å². The molecule has 0 bridgehead atoms. The first-order valence-corrected chi connectivity index (χ1v) is 7.99. The third kappa shape index (κ3) is 3.90. The van der Waals surface area contributed by atoms with E-state index < -0.39 is 0 Å². The van der Waals surface area contributed by atoms with E-state index in [9.17, 15) is 4.79 Å². The van der Waals surface area contributed by atoms with Crippen LogP contribution < -0.4 is 5.32 Å². The van der Waals surface area contributed by atoms with Crippen molar-refractivity contribution in [3.8, 4) is 0 Å². The number of morpholine rings is 1. The standard InChI is InChI=1S/C19H22N2O2/c1-15-14-23-18(17-10-6-3-7-11-17)13-21(15)19(22)20-12-16-8-4-2-5-9-16/h2-11,15,18H,12-14H2,1H3,(H,20,22). The van der Waals surface area contributed by atoms with Crippen molar-refractivity contribution >= 4 is 6.03 Å². The fourth-order valence-corrected chi connectivity index (χ4v) is 2.78. The first-order chi connectivity index (χ1) is 11.2. The third-order valence-corrected chi connectivity index (χ3v) is 4.15. The van der Waals surface area contributed by atoms with E-state index >= 15 is 0 Å². The summed E-state index contributed by atoms with van der Waals surface area (Å²) in [7, 11) is 0. The number of rotatable bonds is 3. The lowest BCUT2D eigenvalue weighted by atomic mass is 10.1. The molecule has 4 nitrogen and oxygen atoms in total. The van der Waals surface area contributed by atoms with Gasteiger partial charge in [-0.1, -0.05) is 60.7 Å². The number of nitrogens with one attached hydrogen (secondary N) is 1. The Labute approximate surface area is 137 Å². The zero-order chi connectivity index (χ0) is 16.1. The Morgan fingerprint density at radius 1 is 1.13 bits per heavy atom. The van der Waals surface area contributed by atoms with Crippen molar-refractivity contribution in [2.75, 3.05) is 13.2 Å². The Hall–Kier alpha value is -2.33. The second kappa shape index (κ2) is 7.29. The molecule has 120 valence electrons. The summed E-state index contributed by atoms with van der Waals surface area (Å²) in [6, 6.07) is 20.0. The lowest BCUT2D eigenvalue weighted by Crippen LogP contribution is -2.51. The van der Waals surface area contributed by atoms with E-state index in [-0.39, 0.29) is 18.2 Å². The number of benzene rings is 2. The van der Waals surface area contributed by atoms with Gasteiger partial charge in [0.1, 0.15) is 6.10 Å². The van der Waals surface area contributed by atoms with Crippen LogP contribution in [0.15, 0.2) is 60.7 Å². The molecule has 2 aromatic rings. The quantitative estimate of drug-likeness (QED) is 0.944. The molecule has 1 N–H and O–H groups in total.